The van der Waals surface area contributed by atoms with Gasteiger partial charge in [0, 0.05) is 0 Å². The molecule has 0 fully saturated rings. The summed E-state index contributed by atoms with van der Waals surface area (Å²) in [6.45, 7) is 0. The lowest BCUT2D eigenvalue weighted by Gasteiger charge is -1.97. The van der Waals surface area contributed by atoms with Gasteiger partial charge in [-0.15, -0.1) is 11.3 Å². The van der Waals surface area contributed by atoms with E-state index in [1.54, 1.807) is 0 Å². The molecule has 2 aromatic rings. The van der Waals surface area contributed by atoms with E-state index in [0.717, 1.165) is 4.88 Å². The summed E-state index contributed by atoms with van der Waals surface area (Å²) in [5, 5.41) is 19.4. The molecule has 70 valence electrons. The van der Waals surface area contributed by atoms with Crippen molar-refractivity contribution in [3.8, 4) is 22.7 Å². The molecule has 0 radical (unpaired) electrons. The summed E-state index contributed by atoms with van der Waals surface area (Å²) in [6, 6.07) is 7.47. The van der Waals surface area contributed by atoms with Crippen molar-refractivity contribution in [2.75, 3.05) is 0 Å². The Balaban J connectivity index is 2.56. The van der Waals surface area contributed by atoms with Gasteiger partial charge in [0.05, 0.1) is 11.1 Å². The number of nitrogens with zero attached hydrogens (tertiary/aromatic N) is 4. The maximum absolute atomic E-state index is 8.77. The summed E-state index contributed by atoms with van der Waals surface area (Å²) in [5.74, 6) is 0. The van der Waals surface area contributed by atoms with Gasteiger partial charge < -0.3 is 0 Å². The Bertz CT molecular complexity index is 560. The summed E-state index contributed by atoms with van der Waals surface area (Å²) in [7, 11) is 0. The predicted molar refractivity (Wildman–Crippen MR) is 54.8 cm³/mol. The third-order valence-electron chi connectivity index (χ3n) is 1.76. The fourth-order valence-corrected chi connectivity index (χ4v) is 1.77. The molecule has 0 aliphatic carbocycles. The molecule has 0 aliphatic rings. The van der Waals surface area contributed by atoms with Crippen LogP contribution in [0.15, 0.2) is 23.7 Å². The highest BCUT2D eigenvalue weighted by Gasteiger charge is 2.07. The minimum atomic E-state index is 0.0674. The second-order valence-electron chi connectivity index (χ2n) is 2.65. The normalized spacial score (nSPS) is 9.20. The SMILES string of the molecule is N#Cc1ncc(-c2cccs2)nc1C#N. The molecule has 4 nitrogen and oxygen atoms in total. The van der Waals surface area contributed by atoms with E-state index in [2.05, 4.69) is 9.97 Å². The Morgan fingerprint density at radius 1 is 1.20 bits per heavy atom. The maximum atomic E-state index is 8.77. The molecule has 5 heteroatoms. The van der Waals surface area contributed by atoms with Crippen LogP contribution in [-0.4, -0.2) is 9.97 Å². The first-order chi connectivity index (χ1) is 7.35. The molecule has 0 amide bonds. The molecule has 2 rings (SSSR count). The zero-order chi connectivity index (χ0) is 10.7. The highest BCUT2D eigenvalue weighted by molar-refractivity contribution is 7.13. The van der Waals surface area contributed by atoms with E-state index in [4.69, 9.17) is 10.5 Å². The van der Waals surface area contributed by atoms with Crippen LogP contribution in [0.2, 0.25) is 0 Å². The first kappa shape index (κ1) is 9.32. The number of rotatable bonds is 1. The van der Waals surface area contributed by atoms with Gasteiger partial charge in [-0.25, -0.2) is 9.97 Å². The fraction of sp³-hybridized carbons (Fsp3) is 0. The lowest BCUT2D eigenvalue weighted by Crippen LogP contribution is -1.94. The Kier molecular flexibility index (Phi) is 2.40. The van der Waals surface area contributed by atoms with Gasteiger partial charge in [-0.2, -0.15) is 10.5 Å². The molecule has 0 aliphatic heterocycles. The van der Waals surface area contributed by atoms with Crippen LogP contribution in [0.3, 0.4) is 0 Å². The molecule has 2 heterocycles. The van der Waals surface area contributed by atoms with Crippen LogP contribution in [0.4, 0.5) is 0 Å². The number of thiophene rings is 1. The van der Waals surface area contributed by atoms with E-state index in [1.165, 1.54) is 17.5 Å². The van der Waals surface area contributed by atoms with Crippen LogP contribution in [0.5, 0.6) is 0 Å². The molecule has 0 atom stereocenters. The monoisotopic (exact) mass is 212 g/mol. The number of nitriles is 2. The molecule has 15 heavy (non-hydrogen) atoms. The minimum Gasteiger partial charge on any atom is -0.240 e. The van der Waals surface area contributed by atoms with Crippen LogP contribution >= 0.6 is 11.3 Å². The zero-order valence-electron chi connectivity index (χ0n) is 7.51. The molecular formula is C10H4N4S. The van der Waals surface area contributed by atoms with Gasteiger partial charge in [0.1, 0.15) is 17.8 Å². The average Bonchev–Trinajstić information content (AvgIpc) is 2.81. The van der Waals surface area contributed by atoms with Gasteiger partial charge >= 0.3 is 0 Å². The Morgan fingerprint density at radius 2 is 2.00 bits per heavy atom. The van der Waals surface area contributed by atoms with Crippen molar-refractivity contribution in [3.05, 3.63) is 35.1 Å². The number of aromatic nitrogens is 2. The lowest BCUT2D eigenvalue weighted by molar-refractivity contribution is 1.14. The fourth-order valence-electron chi connectivity index (χ4n) is 1.09. The Hall–Kier alpha value is -2.24. The van der Waals surface area contributed by atoms with Crippen molar-refractivity contribution >= 4 is 11.3 Å². The van der Waals surface area contributed by atoms with E-state index in [0.29, 0.717) is 5.69 Å². The van der Waals surface area contributed by atoms with Gasteiger partial charge in [0.15, 0.2) is 11.4 Å². The van der Waals surface area contributed by atoms with Crippen molar-refractivity contribution in [1.29, 1.82) is 10.5 Å². The largest absolute Gasteiger partial charge is 0.240 e. The second kappa shape index (κ2) is 3.87. The van der Waals surface area contributed by atoms with Crippen LogP contribution in [0.1, 0.15) is 11.4 Å². The predicted octanol–water partition coefficient (Wildman–Crippen LogP) is 1.95. The summed E-state index contributed by atoms with van der Waals surface area (Å²) in [4.78, 5) is 8.89. The van der Waals surface area contributed by atoms with Crippen molar-refractivity contribution in [1.82, 2.24) is 9.97 Å². The van der Waals surface area contributed by atoms with Crippen molar-refractivity contribution < 1.29 is 0 Å². The molecule has 0 bridgehead atoms. The molecular weight excluding hydrogens is 208 g/mol. The van der Waals surface area contributed by atoms with Crippen LogP contribution in [0, 0.1) is 22.7 Å². The topological polar surface area (TPSA) is 73.4 Å². The van der Waals surface area contributed by atoms with Gasteiger partial charge in [-0.1, -0.05) is 6.07 Å². The van der Waals surface area contributed by atoms with Gasteiger partial charge in [-0.3, -0.25) is 0 Å². The van der Waals surface area contributed by atoms with Gasteiger partial charge in [0.2, 0.25) is 0 Å². The lowest BCUT2D eigenvalue weighted by atomic mass is 10.3. The molecule has 0 unspecified atom stereocenters. The summed E-state index contributed by atoms with van der Waals surface area (Å²) < 4.78 is 0. The highest BCUT2D eigenvalue weighted by atomic mass is 32.1. The summed E-state index contributed by atoms with van der Waals surface area (Å²) in [6.07, 6.45) is 1.51. The second-order valence-corrected chi connectivity index (χ2v) is 3.60. The molecule has 0 saturated heterocycles. The van der Waals surface area contributed by atoms with E-state index >= 15 is 0 Å². The minimum absolute atomic E-state index is 0.0674. The summed E-state index contributed by atoms with van der Waals surface area (Å²) in [5.41, 5.74) is 0.766. The molecule has 0 spiro atoms. The Morgan fingerprint density at radius 3 is 2.60 bits per heavy atom. The van der Waals surface area contributed by atoms with E-state index < -0.39 is 0 Å². The maximum Gasteiger partial charge on any atom is 0.177 e. The highest BCUT2D eigenvalue weighted by Crippen LogP contribution is 2.22. The molecule has 2 aromatic heterocycles. The summed E-state index contributed by atoms with van der Waals surface area (Å²) >= 11 is 1.51. The van der Waals surface area contributed by atoms with Crippen molar-refractivity contribution in [3.63, 3.8) is 0 Å². The third kappa shape index (κ3) is 1.69. The molecule has 0 saturated carbocycles. The molecule has 0 N–H and O–H groups in total. The van der Waals surface area contributed by atoms with Crippen molar-refractivity contribution in [2.24, 2.45) is 0 Å². The first-order valence-electron chi connectivity index (χ1n) is 4.06. The van der Waals surface area contributed by atoms with Gasteiger partial charge in [-0.05, 0) is 11.4 Å². The quantitative estimate of drug-likeness (QED) is 0.724. The zero-order valence-corrected chi connectivity index (χ0v) is 8.32. The van der Waals surface area contributed by atoms with E-state index in [9.17, 15) is 0 Å². The number of hydrogen-bond donors (Lipinski definition) is 0. The van der Waals surface area contributed by atoms with E-state index in [1.807, 2.05) is 29.7 Å². The van der Waals surface area contributed by atoms with Crippen LogP contribution in [0.25, 0.3) is 10.6 Å². The number of hydrogen-bond acceptors (Lipinski definition) is 5. The Labute approximate surface area is 90.1 Å². The average molecular weight is 212 g/mol. The molecule has 0 aromatic carbocycles. The standard InChI is InChI=1S/C10H4N4S/c11-4-7-8(5-12)14-9(6-13-7)10-2-1-3-15-10/h1-3,6H. The first-order valence-corrected chi connectivity index (χ1v) is 4.94. The van der Waals surface area contributed by atoms with Crippen LogP contribution in [-0.2, 0) is 0 Å². The van der Waals surface area contributed by atoms with Crippen molar-refractivity contribution in [2.45, 2.75) is 0 Å². The third-order valence-corrected chi connectivity index (χ3v) is 2.65. The van der Waals surface area contributed by atoms with Crippen LogP contribution < -0.4 is 0 Å². The van der Waals surface area contributed by atoms with E-state index in [-0.39, 0.29) is 11.4 Å². The van der Waals surface area contributed by atoms with Gasteiger partial charge in [0.25, 0.3) is 0 Å². The smallest absolute Gasteiger partial charge is 0.177 e.